The molecule has 0 spiro atoms. The van der Waals surface area contributed by atoms with E-state index in [1.54, 1.807) is 11.3 Å². The molecule has 0 bridgehead atoms. The SMILES string of the molecule is Cc1nc(CC(=O)CC2CNC2)cs1. The van der Waals surface area contributed by atoms with Crippen LogP contribution >= 0.6 is 11.3 Å². The van der Waals surface area contributed by atoms with Crippen molar-refractivity contribution < 1.29 is 4.79 Å². The van der Waals surface area contributed by atoms with E-state index in [-0.39, 0.29) is 0 Å². The van der Waals surface area contributed by atoms with Crippen LogP contribution in [0.3, 0.4) is 0 Å². The fourth-order valence-electron chi connectivity index (χ4n) is 1.58. The quantitative estimate of drug-likeness (QED) is 0.811. The van der Waals surface area contributed by atoms with Crippen LogP contribution in [0, 0.1) is 12.8 Å². The maximum absolute atomic E-state index is 11.6. The van der Waals surface area contributed by atoms with Crippen molar-refractivity contribution in [1.82, 2.24) is 10.3 Å². The second kappa shape index (κ2) is 4.19. The van der Waals surface area contributed by atoms with Crippen molar-refractivity contribution in [3.63, 3.8) is 0 Å². The van der Waals surface area contributed by atoms with Gasteiger partial charge in [-0.05, 0) is 25.9 Å². The molecule has 0 atom stereocenters. The molecule has 0 unspecified atom stereocenters. The van der Waals surface area contributed by atoms with Gasteiger partial charge in [0.15, 0.2) is 0 Å². The highest BCUT2D eigenvalue weighted by Crippen LogP contribution is 2.13. The maximum Gasteiger partial charge on any atom is 0.139 e. The van der Waals surface area contributed by atoms with Gasteiger partial charge >= 0.3 is 0 Å². The minimum absolute atomic E-state index is 0.321. The molecular weight excluding hydrogens is 196 g/mol. The summed E-state index contributed by atoms with van der Waals surface area (Å²) in [6.45, 7) is 3.97. The molecule has 0 amide bonds. The van der Waals surface area contributed by atoms with E-state index in [0.29, 0.717) is 24.5 Å². The zero-order valence-electron chi connectivity index (χ0n) is 8.25. The Labute approximate surface area is 87.6 Å². The van der Waals surface area contributed by atoms with Gasteiger partial charge in [0, 0.05) is 18.2 Å². The van der Waals surface area contributed by atoms with E-state index in [1.807, 2.05) is 12.3 Å². The first-order chi connectivity index (χ1) is 6.74. The number of thiazole rings is 1. The van der Waals surface area contributed by atoms with Crippen molar-refractivity contribution >= 4 is 17.1 Å². The number of rotatable bonds is 4. The van der Waals surface area contributed by atoms with Crippen LogP contribution in [0.25, 0.3) is 0 Å². The highest BCUT2D eigenvalue weighted by molar-refractivity contribution is 7.09. The molecule has 14 heavy (non-hydrogen) atoms. The van der Waals surface area contributed by atoms with Crippen LogP contribution in [-0.2, 0) is 11.2 Å². The van der Waals surface area contributed by atoms with Gasteiger partial charge in [-0.1, -0.05) is 0 Å². The van der Waals surface area contributed by atoms with Gasteiger partial charge in [-0.2, -0.15) is 0 Å². The smallest absolute Gasteiger partial charge is 0.139 e. The molecule has 1 N–H and O–H groups in total. The third-order valence-corrected chi connectivity index (χ3v) is 3.25. The lowest BCUT2D eigenvalue weighted by atomic mass is 9.95. The zero-order valence-corrected chi connectivity index (χ0v) is 9.06. The first-order valence-electron chi connectivity index (χ1n) is 4.87. The lowest BCUT2D eigenvalue weighted by Gasteiger charge is -2.26. The summed E-state index contributed by atoms with van der Waals surface area (Å²) in [4.78, 5) is 15.8. The predicted molar refractivity (Wildman–Crippen MR) is 56.5 cm³/mol. The molecule has 1 fully saturated rings. The third-order valence-electron chi connectivity index (χ3n) is 2.43. The van der Waals surface area contributed by atoms with Gasteiger partial charge in [0.2, 0.25) is 0 Å². The highest BCUT2D eigenvalue weighted by Gasteiger charge is 2.20. The minimum atomic E-state index is 0.321. The molecule has 0 aliphatic carbocycles. The van der Waals surface area contributed by atoms with Gasteiger partial charge in [0.05, 0.1) is 10.7 Å². The van der Waals surface area contributed by atoms with Crippen LogP contribution in [0.4, 0.5) is 0 Å². The second-order valence-electron chi connectivity index (χ2n) is 3.80. The number of Topliss-reactive ketones (excluding diaryl/α,β-unsaturated/α-hetero) is 1. The van der Waals surface area contributed by atoms with Crippen LogP contribution in [0.15, 0.2) is 5.38 Å². The molecule has 0 saturated carbocycles. The van der Waals surface area contributed by atoms with Gasteiger partial charge in [-0.3, -0.25) is 4.79 Å². The summed E-state index contributed by atoms with van der Waals surface area (Å²) < 4.78 is 0. The first-order valence-corrected chi connectivity index (χ1v) is 5.75. The monoisotopic (exact) mass is 210 g/mol. The van der Waals surface area contributed by atoms with E-state index in [4.69, 9.17) is 0 Å². The Kier molecular flexibility index (Phi) is 2.93. The van der Waals surface area contributed by atoms with E-state index in [0.717, 1.165) is 23.8 Å². The highest BCUT2D eigenvalue weighted by atomic mass is 32.1. The van der Waals surface area contributed by atoms with E-state index < -0.39 is 0 Å². The van der Waals surface area contributed by atoms with Crippen molar-refractivity contribution in [2.24, 2.45) is 5.92 Å². The van der Waals surface area contributed by atoms with Crippen molar-refractivity contribution in [3.8, 4) is 0 Å². The molecule has 2 rings (SSSR count). The van der Waals surface area contributed by atoms with Gasteiger partial charge in [0.25, 0.3) is 0 Å². The molecule has 1 aliphatic heterocycles. The van der Waals surface area contributed by atoms with E-state index in [1.165, 1.54) is 0 Å². The third kappa shape index (κ3) is 2.39. The summed E-state index contributed by atoms with van der Waals surface area (Å²) in [6.07, 6.45) is 1.23. The number of ketones is 1. The number of nitrogens with one attached hydrogen (secondary N) is 1. The molecule has 3 nitrogen and oxygen atoms in total. The Bertz CT molecular complexity index is 331. The number of carbonyl (C=O) groups is 1. The predicted octanol–water partition coefficient (Wildman–Crippen LogP) is 1.17. The van der Waals surface area contributed by atoms with Gasteiger partial charge in [0.1, 0.15) is 5.78 Å². The number of aromatic nitrogens is 1. The Hall–Kier alpha value is -0.740. The van der Waals surface area contributed by atoms with Gasteiger partial charge in [-0.15, -0.1) is 11.3 Å². The molecule has 0 aromatic carbocycles. The molecule has 1 saturated heterocycles. The standard InChI is InChI=1S/C10H14N2OS/c1-7-12-9(6-14-7)3-10(13)2-8-4-11-5-8/h6,8,11H,2-5H2,1H3. The molecule has 76 valence electrons. The lowest BCUT2D eigenvalue weighted by Crippen LogP contribution is -2.43. The minimum Gasteiger partial charge on any atom is -0.316 e. The van der Waals surface area contributed by atoms with Crippen molar-refractivity contribution in [3.05, 3.63) is 16.1 Å². The normalized spacial score (nSPS) is 16.6. The average Bonchev–Trinajstić information content (AvgIpc) is 2.44. The van der Waals surface area contributed by atoms with Gasteiger partial charge in [-0.25, -0.2) is 4.98 Å². The second-order valence-corrected chi connectivity index (χ2v) is 4.86. The lowest BCUT2D eigenvalue weighted by molar-refractivity contribution is -0.119. The molecule has 1 aromatic rings. The Morgan fingerprint density at radius 2 is 2.50 bits per heavy atom. The summed E-state index contributed by atoms with van der Waals surface area (Å²) in [5.41, 5.74) is 0.935. The number of nitrogens with zero attached hydrogens (tertiary/aromatic N) is 1. The molecule has 1 aliphatic rings. The number of hydrogen-bond acceptors (Lipinski definition) is 4. The first kappa shape index (κ1) is 9.80. The van der Waals surface area contributed by atoms with Crippen LogP contribution in [0.1, 0.15) is 17.1 Å². The van der Waals surface area contributed by atoms with Crippen molar-refractivity contribution in [2.75, 3.05) is 13.1 Å². The van der Waals surface area contributed by atoms with E-state index in [2.05, 4.69) is 10.3 Å². The molecular formula is C10H14N2OS. The largest absolute Gasteiger partial charge is 0.316 e. The van der Waals surface area contributed by atoms with Crippen LogP contribution in [-0.4, -0.2) is 23.9 Å². The Morgan fingerprint density at radius 3 is 3.00 bits per heavy atom. The molecule has 0 radical (unpaired) electrons. The van der Waals surface area contributed by atoms with Gasteiger partial charge < -0.3 is 5.32 Å². The molecule has 2 heterocycles. The summed E-state index contributed by atoms with van der Waals surface area (Å²) in [6, 6.07) is 0. The Morgan fingerprint density at radius 1 is 1.71 bits per heavy atom. The van der Waals surface area contributed by atoms with Crippen molar-refractivity contribution in [1.29, 1.82) is 0 Å². The Balaban J connectivity index is 1.81. The van der Waals surface area contributed by atoms with E-state index >= 15 is 0 Å². The fraction of sp³-hybridized carbons (Fsp3) is 0.600. The van der Waals surface area contributed by atoms with Crippen LogP contribution in [0.5, 0.6) is 0 Å². The summed E-state index contributed by atoms with van der Waals surface area (Å²) >= 11 is 1.61. The van der Waals surface area contributed by atoms with Crippen molar-refractivity contribution in [2.45, 2.75) is 19.8 Å². The summed E-state index contributed by atoms with van der Waals surface area (Å²) in [5, 5.41) is 6.19. The number of aryl methyl sites for hydroxylation is 1. The summed E-state index contributed by atoms with van der Waals surface area (Å²) in [5.74, 6) is 0.893. The van der Waals surface area contributed by atoms with E-state index in [9.17, 15) is 4.79 Å². The summed E-state index contributed by atoms with van der Waals surface area (Å²) in [7, 11) is 0. The molecule has 1 aromatic heterocycles. The maximum atomic E-state index is 11.6. The zero-order chi connectivity index (χ0) is 9.97. The van der Waals surface area contributed by atoms with Crippen LogP contribution in [0.2, 0.25) is 0 Å². The number of hydrogen-bond donors (Lipinski definition) is 1. The fourth-order valence-corrected chi connectivity index (χ4v) is 2.19. The molecule has 4 heteroatoms. The number of carbonyl (C=O) groups excluding carboxylic acids is 1. The van der Waals surface area contributed by atoms with Crippen LogP contribution < -0.4 is 5.32 Å². The topological polar surface area (TPSA) is 42.0 Å². The average molecular weight is 210 g/mol.